The summed E-state index contributed by atoms with van der Waals surface area (Å²) in [6, 6.07) is 0.107. The normalized spacial score (nSPS) is 25.9. The summed E-state index contributed by atoms with van der Waals surface area (Å²) in [4.78, 5) is 0. The topological polar surface area (TPSA) is 75.4 Å². The summed E-state index contributed by atoms with van der Waals surface area (Å²) in [5.74, 6) is 0.349. The predicted molar refractivity (Wildman–Crippen MR) is 49.2 cm³/mol. The number of nitrogens with two attached hydrogens (primary N) is 1. The molecule has 1 heterocycles. The van der Waals surface area contributed by atoms with Crippen LogP contribution in [0.15, 0.2) is 0 Å². The summed E-state index contributed by atoms with van der Waals surface area (Å²) in [6.45, 7) is 3.57. The third-order valence-electron chi connectivity index (χ3n) is 2.18. The van der Waals surface area contributed by atoms with E-state index in [0.29, 0.717) is 5.75 Å². The van der Waals surface area contributed by atoms with E-state index in [1.54, 1.807) is 0 Å². The van der Waals surface area contributed by atoms with Gasteiger partial charge in [-0.15, -0.1) is 0 Å². The van der Waals surface area contributed by atoms with Gasteiger partial charge in [0.2, 0.25) is 0 Å². The molecule has 0 aromatic rings. The van der Waals surface area contributed by atoms with Gasteiger partial charge < -0.3 is 15.6 Å². The Morgan fingerprint density at radius 3 is 2.58 bits per heavy atom. The van der Waals surface area contributed by atoms with Crippen LogP contribution >= 0.6 is 0 Å². The lowest BCUT2D eigenvalue weighted by atomic mass is 9.78. The van der Waals surface area contributed by atoms with Crippen LogP contribution in [0.5, 0.6) is 0 Å². The second-order valence-electron chi connectivity index (χ2n) is 3.75. The van der Waals surface area contributed by atoms with E-state index in [-0.39, 0.29) is 11.5 Å². The Morgan fingerprint density at radius 1 is 1.75 bits per heavy atom. The summed E-state index contributed by atoms with van der Waals surface area (Å²) in [7, 11) is 0. The third kappa shape index (κ3) is 2.52. The molecule has 4 nitrogen and oxygen atoms in total. The summed E-state index contributed by atoms with van der Waals surface area (Å²) in [5, 5.41) is 3.11. The highest BCUT2D eigenvalue weighted by Crippen LogP contribution is 2.28. The number of nitrogens with one attached hydrogen (secondary N) is 1. The molecule has 12 heavy (non-hydrogen) atoms. The maximum Gasteiger partial charge on any atom is 0.153 e. The van der Waals surface area contributed by atoms with E-state index < -0.39 is 11.1 Å². The van der Waals surface area contributed by atoms with Gasteiger partial charge in [0, 0.05) is 24.5 Å². The zero-order valence-corrected chi connectivity index (χ0v) is 8.06. The first-order chi connectivity index (χ1) is 5.54. The highest BCUT2D eigenvalue weighted by molar-refractivity contribution is 7.79. The average molecular weight is 192 g/mol. The van der Waals surface area contributed by atoms with Gasteiger partial charge in [-0.25, -0.2) is 4.21 Å². The smallest absolute Gasteiger partial charge is 0.153 e. The van der Waals surface area contributed by atoms with E-state index in [0.717, 1.165) is 19.5 Å². The molecule has 1 fully saturated rings. The SMILES string of the molecule is CC(N)CC1(CS(=O)O)CNC1. The summed E-state index contributed by atoms with van der Waals surface area (Å²) < 4.78 is 19.4. The van der Waals surface area contributed by atoms with Gasteiger partial charge in [-0.2, -0.15) is 0 Å². The fourth-order valence-corrected chi connectivity index (χ4v) is 2.57. The van der Waals surface area contributed by atoms with Crippen LogP contribution in [0.25, 0.3) is 0 Å². The Kier molecular flexibility index (Phi) is 3.22. The molecule has 4 N–H and O–H groups in total. The lowest BCUT2D eigenvalue weighted by Gasteiger charge is -2.42. The zero-order valence-electron chi connectivity index (χ0n) is 7.25. The van der Waals surface area contributed by atoms with E-state index in [4.69, 9.17) is 10.3 Å². The van der Waals surface area contributed by atoms with Gasteiger partial charge in [0.25, 0.3) is 0 Å². The van der Waals surface area contributed by atoms with Gasteiger partial charge in [0.1, 0.15) is 0 Å². The molecule has 0 aromatic heterocycles. The van der Waals surface area contributed by atoms with Gasteiger partial charge >= 0.3 is 0 Å². The Morgan fingerprint density at radius 2 is 2.33 bits per heavy atom. The van der Waals surface area contributed by atoms with E-state index in [2.05, 4.69) is 5.32 Å². The largest absolute Gasteiger partial charge is 0.328 e. The Labute approximate surface area is 75.2 Å². The molecule has 0 radical (unpaired) electrons. The van der Waals surface area contributed by atoms with E-state index in [1.165, 1.54) is 0 Å². The fraction of sp³-hybridized carbons (Fsp3) is 1.00. The minimum absolute atomic E-state index is 0.0201. The molecule has 0 saturated carbocycles. The summed E-state index contributed by atoms with van der Waals surface area (Å²) in [5.41, 5.74) is 5.64. The highest BCUT2D eigenvalue weighted by Gasteiger charge is 2.38. The van der Waals surface area contributed by atoms with Crippen molar-refractivity contribution < 1.29 is 8.76 Å². The van der Waals surface area contributed by atoms with E-state index >= 15 is 0 Å². The van der Waals surface area contributed by atoms with Crippen molar-refractivity contribution in [1.29, 1.82) is 0 Å². The van der Waals surface area contributed by atoms with Crippen molar-refractivity contribution in [2.75, 3.05) is 18.8 Å². The van der Waals surface area contributed by atoms with Crippen molar-refractivity contribution in [2.24, 2.45) is 11.1 Å². The minimum atomic E-state index is -1.70. The van der Waals surface area contributed by atoms with Crippen LogP contribution in [-0.4, -0.2) is 33.6 Å². The molecule has 2 unspecified atom stereocenters. The van der Waals surface area contributed by atoms with E-state index in [1.807, 2.05) is 6.92 Å². The van der Waals surface area contributed by atoms with Crippen molar-refractivity contribution in [3.8, 4) is 0 Å². The second-order valence-corrected chi connectivity index (χ2v) is 4.68. The number of hydrogen-bond acceptors (Lipinski definition) is 3. The van der Waals surface area contributed by atoms with Crippen LogP contribution in [0.3, 0.4) is 0 Å². The first kappa shape index (κ1) is 10.1. The van der Waals surface area contributed by atoms with Crippen LogP contribution in [-0.2, 0) is 11.1 Å². The molecule has 72 valence electrons. The molecular formula is C7H16N2O2S. The van der Waals surface area contributed by atoms with Crippen LogP contribution in [0, 0.1) is 5.41 Å². The van der Waals surface area contributed by atoms with Gasteiger partial charge in [0.15, 0.2) is 11.1 Å². The van der Waals surface area contributed by atoms with E-state index in [9.17, 15) is 4.21 Å². The molecule has 2 atom stereocenters. The average Bonchev–Trinajstić information content (AvgIpc) is 1.80. The maximum absolute atomic E-state index is 10.6. The molecule has 1 aliphatic rings. The van der Waals surface area contributed by atoms with Crippen molar-refractivity contribution in [1.82, 2.24) is 5.32 Å². The van der Waals surface area contributed by atoms with Crippen molar-refractivity contribution in [3.05, 3.63) is 0 Å². The lowest BCUT2D eigenvalue weighted by molar-refractivity contribution is 0.172. The van der Waals surface area contributed by atoms with Crippen LogP contribution in [0.2, 0.25) is 0 Å². The van der Waals surface area contributed by atoms with Crippen LogP contribution in [0.1, 0.15) is 13.3 Å². The van der Waals surface area contributed by atoms with Crippen molar-refractivity contribution >= 4 is 11.1 Å². The van der Waals surface area contributed by atoms with Crippen LogP contribution in [0.4, 0.5) is 0 Å². The van der Waals surface area contributed by atoms with Gasteiger partial charge in [-0.3, -0.25) is 0 Å². The van der Waals surface area contributed by atoms with Crippen molar-refractivity contribution in [3.63, 3.8) is 0 Å². The molecule has 1 aliphatic heterocycles. The second kappa shape index (κ2) is 3.83. The monoisotopic (exact) mass is 192 g/mol. The minimum Gasteiger partial charge on any atom is -0.328 e. The predicted octanol–water partition coefficient (Wildman–Crippen LogP) is -0.465. The molecule has 0 bridgehead atoms. The van der Waals surface area contributed by atoms with Gasteiger partial charge in [-0.1, -0.05) is 0 Å². The summed E-state index contributed by atoms with van der Waals surface area (Å²) >= 11 is -1.70. The number of rotatable bonds is 4. The molecule has 0 aromatic carbocycles. The third-order valence-corrected chi connectivity index (χ3v) is 3.04. The first-order valence-electron chi connectivity index (χ1n) is 4.08. The highest BCUT2D eigenvalue weighted by atomic mass is 32.2. The molecule has 1 saturated heterocycles. The molecule has 5 heteroatoms. The molecule has 0 aliphatic carbocycles. The summed E-state index contributed by atoms with van der Waals surface area (Å²) in [6.07, 6.45) is 0.826. The Balaban J connectivity index is 2.45. The first-order valence-corrected chi connectivity index (χ1v) is 5.35. The zero-order chi connectivity index (χ0) is 9.19. The maximum atomic E-state index is 10.6. The Bertz CT molecular complexity index is 180. The molecule has 1 rings (SSSR count). The molecule has 0 spiro atoms. The molecular weight excluding hydrogens is 176 g/mol. The van der Waals surface area contributed by atoms with Crippen molar-refractivity contribution in [2.45, 2.75) is 19.4 Å². The standard InChI is InChI=1S/C7H16N2O2S/c1-6(8)2-7(3-9-4-7)5-12(10)11/h6,9H,2-5,8H2,1H3,(H,10,11). The Hall–Kier alpha value is 0.0300. The van der Waals surface area contributed by atoms with Gasteiger partial charge in [0.05, 0.1) is 5.75 Å². The lowest BCUT2D eigenvalue weighted by Crippen LogP contribution is -2.58. The molecule has 0 amide bonds. The van der Waals surface area contributed by atoms with Crippen LogP contribution < -0.4 is 11.1 Å². The quantitative estimate of drug-likeness (QED) is 0.527. The van der Waals surface area contributed by atoms with Gasteiger partial charge in [-0.05, 0) is 13.3 Å². The number of hydrogen-bond donors (Lipinski definition) is 3. The fourth-order valence-electron chi connectivity index (χ4n) is 1.73.